The summed E-state index contributed by atoms with van der Waals surface area (Å²) in [7, 11) is 0. The van der Waals surface area contributed by atoms with Gasteiger partial charge in [-0.3, -0.25) is 4.79 Å². The lowest BCUT2D eigenvalue weighted by molar-refractivity contribution is -0.146. The third kappa shape index (κ3) is 3.51. The summed E-state index contributed by atoms with van der Waals surface area (Å²) in [5.41, 5.74) is 0.313. The summed E-state index contributed by atoms with van der Waals surface area (Å²) in [6.45, 7) is 7.69. The number of hydrogen-bond acceptors (Lipinski definition) is 3. The Hall–Kier alpha value is -1.55. The van der Waals surface area contributed by atoms with E-state index in [0.29, 0.717) is 13.0 Å². The monoisotopic (exact) mass is 278 g/mol. The molecule has 0 aromatic heterocycles. The van der Waals surface area contributed by atoms with Crippen molar-refractivity contribution in [3.8, 4) is 5.75 Å². The van der Waals surface area contributed by atoms with E-state index < -0.39 is 11.4 Å². The number of rotatable bonds is 6. The molecule has 20 heavy (non-hydrogen) atoms. The van der Waals surface area contributed by atoms with E-state index in [1.54, 1.807) is 13.8 Å². The van der Waals surface area contributed by atoms with Gasteiger partial charge in [-0.2, -0.15) is 0 Å². The zero-order valence-corrected chi connectivity index (χ0v) is 12.3. The lowest BCUT2D eigenvalue weighted by Gasteiger charge is -2.37. The van der Waals surface area contributed by atoms with Gasteiger partial charge in [0.05, 0.1) is 25.2 Å². The first-order chi connectivity index (χ1) is 9.31. The summed E-state index contributed by atoms with van der Waals surface area (Å²) in [6.07, 6.45) is 0.486. The van der Waals surface area contributed by atoms with Gasteiger partial charge in [-0.05, 0) is 38.0 Å². The zero-order chi connectivity index (χ0) is 14.8. The van der Waals surface area contributed by atoms with Crippen LogP contribution in [0.5, 0.6) is 5.75 Å². The maximum absolute atomic E-state index is 11.2. The minimum atomic E-state index is -0.789. The highest BCUT2D eigenvalue weighted by atomic mass is 16.5. The SMILES string of the molecule is CC1(COc2cccc(CC(C)(C)C(=O)O)c2)COC1. The molecule has 1 N–H and O–H groups in total. The molecule has 0 saturated carbocycles. The molecule has 0 radical (unpaired) electrons. The average molecular weight is 278 g/mol. The molecule has 0 atom stereocenters. The second kappa shape index (κ2) is 5.44. The van der Waals surface area contributed by atoms with Crippen LogP contribution in [0.15, 0.2) is 24.3 Å². The Morgan fingerprint density at radius 2 is 2.15 bits per heavy atom. The van der Waals surface area contributed by atoms with Crippen LogP contribution >= 0.6 is 0 Å². The van der Waals surface area contributed by atoms with Crippen molar-refractivity contribution < 1.29 is 19.4 Å². The normalized spacial score (nSPS) is 17.4. The van der Waals surface area contributed by atoms with Crippen LogP contribution in [0.25, 0.3) is 0 Å². The van der Waals surface area contributed by atoms with E-state index in [0.717, 1.165) is 24.5 Å². The third-order valence-electron chi connectivity index (χ3n) is 3.61. The van der Waals surface area contributed by atoms with E-state index in [1.165, 1.54) is 0 Å². The number of carboxylic acid groups (broad SMARTS) is 1. The molecule has 1 aliphatic heterocycles. The molecule has 0 bridgehead atoms. The molecule has 1 saturated heterocycles. The van der Waals surface area contributed by atoms with Gasteiger partial charge in [-0.25, -0.2) is 0 Å². The van der Waals surface area contributed by atoms with E-state index in [9.17, 15) is 9.90 Å². The molecule has 4 nitrogen and oxygen atoms in total. The van der Waals surface area contributed by atoms with E-state index in [1.807, 2.05) is 24.3 Å². The predicted molar refractivity (Wildman–Crippen MR) is 76.0 cm³/mol. The van der Waals surface area contributed by atoms with Crippen LogP contribution in [0.4, 0.5) is 0 Å². The van der Waals surface area contributed by atoms with Gasteiger partial charge in [0.25, 0.3) is 0 Å². The largest absolute Gasteiger partial charge is 0.493 e. The summed E-state index contributed by atoms with van der Waals surface area (Å²) in [5, 5.41) is 9.18. The summed E-state index contributed by atoms with van der Waals surface area (Å²) < 4.78 is 11.0. The van der Waals surface area contributed by atoms with Gasteiger partial charge in [0, 0.05) is 5.41 Å². The van der Waals surface area contributed by atoms with Gasteiger partial charge in [-0.1, -0.05) is 19.1 Å². The number of carboxylic acids is 1. The Labute approximate surface area is 119 Å². The lowest BCUT2D eigenvalue weighted by Crippen LogP contribution is -2.44. The van der Waals surface area contributed by atoms with Crippen LogP contribution in [0.2, 0.25) is 0 Å². The summed E-state index contributed by atoms with van der Waals surface area (Å²) in [6, 6.07) is 7.67. The van der Waals surface area contributed by atoms with Crippen LogP contribution in [0.1, 0.15) is 26.3 Å². The maximum Gasteiger partial charge on any atom is 0.309 e. The fourth-order valence-corrected chi connectivity index (χ4v) is 2.12. The molecule has 0 aliphatic carbocycles. The highest BCUT2D eigenvalue weighted by Gasteiger charge is 2.34. The Kier molecular flexibility index (Phi) is 4.04. The third-order valence-corrected chi connectivity index (χ3v) is 3.61. The molecule has 4 heteroatoms. The first kappa shape index (κ1) is 14.9. The summed E-state index contributed by atoms with van der Waals surface area (Å²) in [5.74, 6) is -0.000219. The number of aliphatic carboxylic acids is 1. The minimum absolute atomic E-state index is 0.107. The molecule has 0 amide bonds. The van der Waals surface area contributed by atoms with Crippen molar-refractivity contribution >= 4 is 5.97 Å². The van der Waals surface area contributed by atoms with Crippen LogP contribution in [0, 0.1) is 10.8 Å². The fourth-order valence-electron chi connectivity index (χ4n) is 2.12. The number of benzene rings is 1. The van der Waals surface area contributed by atoms with Crippen molar-refractivity contribution in [2.24, 2.45) is 10.8 Å². The predicted octanol–water partition coefficient (Wildman–Crippen LogP) is 2.76. The molecular formula is C16H22O4. The topological polar surface area (TPSA) is 55.8 Å². The standard InChI is InChI=1S/C16H22O4/c1-15(2,14(17)18)8-12-5-4-6-13(7-12)20-11-16(3)9-19-10-16/h4-7H,8-11H2,1-3H3,(H,17,18). The van der Waals surface area contributed by atoms with Gasteiger partial charge < -0.3 is 14.6 Å². The second-order valence-electron chi connectivity index (χ2n) is 6.61. The quantitative estimate of drug-likeness (QED) is 0.869. The van der Waals surface area contributed by atoms with Crippen molar-refractivity contribution in [3.63, 3.8) is 0 Å². The molecule has 1 aliphatic rings. The highest BCUT2D eigenvalue weighted by Crippen LogP contribution is 2.29. The molecular weight excluding hydrogens is 256 g/mol. The fraction of sp³-hybridized carbons (Fsp3) is 0.562. The number of ether oxygens (including phenoxy) is 2. The van der Waals surface area contributed by atoms with Crippen molar-refractivity contribution in [3.05, 3.63) is 29.8 Å². The van der Waals surface area contributed by atoms with Gasteiger partial charge in [0.2, 0.25) is 0 Å². The van der Waals surface area contributed by atoms with Crippen LogP contribution in [0.3, 0.4) is 0 Å². The highest BCUT2D eigenvalue weighted by molar-refractivity contribution is 5.74. The molecule has 1 aromatic carbocycles. The Balaban J connectivity index is 1.99. The first-order valence-electron chi connectivity index (χ1n) is 6.84. The maximum atomic E-state index is 11.2. The van der Waals surface area contributed by atoms with Crippen LogP contribution in [-0.4, -0.2) is 30.9 Å². The molecule has 2 rings (SSSR count). The number of carbonyl (C=O) groups is 1. The molecule has 1 aromatic rings. The van der Waals surface area contributed by atoms with Crippen molar-refractivity contribution in [1.82, 2.24) is 0 Å². The van der Waals surface area contributed by atoms with Crippen LogP contribution < -0.4 is 4.74 Å². The van der Waals surface area contributed by atoms with Crippen LogP contribution in [-0.2, 0) is 16.0 Å². The van der Waals surface area contributed by atoms with Crippen molar-refractivity contribution in [2.75, 3.05) is 19.8 Å². The minimum Gasteiger partial charge on any atom is -0.493 e. The first-order valence-corrected chi connectivity index (χ1v) is 6.84. The van der Waals surface area contributed by atoms with E-state index in [-0.39, 0.29) is 5.41 Å². The van der Waals surface area contributed by atoms with Gasteiger partial charge in [0.15, 0.2) is 0 Å². The van der Waals surface area contributed by atoms with E-state index >= 15 is 0 Å². The Bertz CT molecular complexity index is 489. The van der Waals surface area contributed by atoms with Crippen molar-refractivity contribution in [1.29, 1.82) is 0 Å². The Morgan fingerprint density at radius 1 is 1.45 bits per heavy atom. The van der Waals surface area contributed by atoms with Crippen molar-refractivity contribution in [2.45, 2.75) is 27.2 Å². The molecule has 0 unspecified atom stereocenters. The zero-order valence-electron chi connectivity index (χ0n) is 12.3. The molecule has 110 valence electrons. The Morgan fingerprint density at radius 3 is 2.70 bits per heavy atom. The average Bonchev–Trinajstić information content (AvgIpc) is 2.34. The number of hydrogen-bond donors (Lipinski definition) is 1. The summed E-state index contributed by atoms with van der Waals surface area (Å²) >= 11 is 0. The van der Waals surface area contributed by atoms with Gasteiger partial charge in [0.1, 0.15) is 5.75 Å². The van der Waals surface area contributed by atoms with Gasteiger partial charge in [-0.15, -0.1) is 0 Å². The van der Waals surface area contributed by atoms with E-state index in [2.05, 4.69) is 6.92 Å². The second-order valence-corrected chi connectivity index (χ2v) is 6.61. The van der Waals surface area contributed by atoms with E-state index in [4.69, 9.17) is 9.47 Å². The molecule has 1 fully saturated rings. The molecule has 1 heterocycles. The smallest absolute Gasteiger partial charge is 0.309 e. The molecule has 0 spiro atoms. The lowest BCUT2D eigenvalue weighted by atomic mass is 9.86. The van der Waals surface area contributed by atoms with Gasteiger partial charge >= 0.3 is 5.97 Å². The summed E-state index contributed by atoms with van der Waals surface area (Å²) in [4.78, 5) is 11.2.